The minimum absolute atomic E-state index is 0.125. The molecule has 0 saturated carbocycles. The van der Waals surface area contributed by atoms with E-state index in [9.17, 15) is 20.1 Å². The van der Waals surface area contributed by atoms with E-state index in [2.05, 4.69) is 4.98 Å². The first-order valence-corrected chi connectivity index (χ1v) is 7.73. The van der Waals surface area contributed by atoms with Crippen molar-refractivity contribution in [2.24, 2.45) is 0 Å². The Balaban J connectivity index is 1.81. The lowest BCUT2D eigenvalue weighted by Gasteiger charge is -2.39. The van der Waals surface area contributed by atoms with Gasteiger partial charge in [-0.3, -0.25) is 9.78 Å². The third kappa shape index (κ3) is 3.13. The molecule has 8 heteroatoms. The lowest BCUT2D eigenvalue weighted by molar-refractivity contribution is -0.278. The van der Waals surface area contributed by atoms with Gasteiger partial charge in [-0.05, 0) is 31.2 Å². The minimum Gasteiger partial charge on any atom is -0.447 e. The molecule has 5 atom stereocenters. The number of aliphatic hydroxyl groups is 4. The van der Waals surface area contributed by atoms with E-state index in [-0.39, 0.29) is 11.4 Å². The van der Waals surface area contributed by atoms with Gasteiger partial charge in [0.15, 0.2) is 5.88 Å². The first kappa shape index (κ1) is 16.4. The molecule has 1 aromatic heterocycles. The number of aromatic nitrogens is 1. The van der Waals surface area contributed by atoms with Gasteiger partial charge in [0.2, 0.25) is 6.29 Å². The monoisotopic (exact) mass is 327 g/mol. The number of ether oxygens (including phenoxy) is 2. The van der Waals surface area contributed by atoms with E-state index in [1.165, 1.54) is 0 Å². The van der Waals surface area contributed by atoms with Crippen LogP contribution in [0, 0.1) is 0 Å². The molecule has 0 aromatic carbocycles. The van der Waals surface area contributed by atoms with Crippen LogP contribution in [0.2, 0.25) is 0 Å². The van der Waals surface area contributed by atoms with Crippen LogP contribution in [-0.2, 0) is 17.6 Å². The largest absolute Gasteiger partial charge is 0.447 e. The number of aliphatic hydroxyl groups excluding tert-OH is 4. The van der Waals surface area contributed by atoms with Gasteiger partial charge < -0.3 is 29.9 Å². The highest BCUT2D eigenvalue weighted by Crippen LogP contribution is 2.25. The van der Waals surface area contributed by atoms with Crippen LogP contribution in [0.3, 0.4) is 0 Å². The molecule has 23 heavy (non-hydrogen) atoms. The number of fused-ring (bicyclic) bond motifs is 1. The molecule has 1 aliphatic heterocycles. The number of aryl methyl sites for hydroxylation is 1. The van der Waals surface area contributed by atoms with Crippen LogP contribution in [0.15, 0.2) is 10.9 Å². The topological polar surface area (TPSA) is 132 Å². The summed E-state index contributed by atoms with van der Waals surface area (Å²) in [4.78, 5) is 14.7. The van der Waals surface area contributed by atoms with Gasteiger partial charge in [0.25, 0.3) is 5.56 Å². The summed E-state index contributed by atoms with van der Waals surface area (Å²) in [6.45, 7) is -0.536. The highest BCUT2D eigenvalue weighted by molar-refractivity contribution is 5.31. The Morgan fingerprint density at radius 3 is 2.65 bits per heavy atom. The maximum absolute atomic E-state index is 12.1. The van der Waals surface area contributed by atoms with Crippen LogP contribution < -0.4 is 10.3 Å². The number of H-pyrrole nitrogens is 1. The molecular formula is C15H21NO7. The Morgan fingerprint density at radius 1 is 1.17 bits per heavy atom. The van der Waals surface area contributed by atoms with Gasteiger partial charge in [0.05, 0.1) is 6.61 Å². The summed E-state index contributed by atoms with van der Waals surface area (Å²) in [6.07, 6.45) is -3.35. The van der Waals surface area contributed by atoms with E-state index in [4.69, 9.17) is 14.6 Å². The highest BCUT2D eigenvalue weighted by atomic mass is 16.7. The molecule has 2 unspecified atom stereocenters. The van der Waals surface area contributed by atoms with E-state index in [0.717, 1.165) is 36.8 Å². The van der Waals surface area contributed by atoms with Crippen molar-refractivity contribution in [1.82, 2.24) is 4.98 Å². The second-order valence-electron chi connectivity index (χ2n) is 5.99. The smallest absolute Gasteiger partial charge is 0.254 e. The zero-order valence-electron chi connectivity index (χ0n) is 12.5. The molecule has 128 valence electrons. The Bertz CT molecular complexity index is 614. The first-order valence-electron chi connectivity index (χ1n) is 7.73. The quantitative estimate of drug-likeness (QED) is 0.453. The molecular weight excluding hydrogens is 306 g/mol. The summed E-state index contributed by atoms with van der Waals surface area (Å²) in [5.41, 5.74) is 1.42. The summed E-state index contributed by atoms with van der Waals surface area (Å²) < 4.78 is 10.7. The van der Waals surface area contributed by atoms with Crippen LogP contribution in [-0.4, -0.2) is 62.7 Å². The Morgan fingerprint density at radius 2 is 1.91 bits per heavy atom. The molecule has 2 heterocycles. The van der Waals surface area contributed by atoms with Crippen molar-refractivity contribution < 1.29 is 29.9 Å². The summed E-state index contributed by atoms with van der Waals surface area (Å²) in [5.74, 6) is 0.125. The molecule has 1 saturated heterocycles. The normalized spacial score (nSPS) is 34.0. The fourth-order valence-electron chi connectivity index (χ4n) is 3.08. The summed E-state index contributed by atoms with van der Waals surface area (Å²) >= 11 is 0. The van der Waals surface area contributed by atoms with E-state index in [1.54, 1.807) is 6.07 Å². The number of nitrogens with one attached hydrogen (secondary N) is 1. The van der Waals surface area contributed by atoms with Crippen molar-refractivity contribution >= 4 is 0 Å². The van der Waals surface area contributed by atoms with Gasteiger partial charge in [0, 0.05) is 11.6 Å². The molecule has 1 fully saturated rings. The molecule has 0 amide bonds. The summed E-state index contributed by atoms with van der Waals surface area (Å²) in [6, 6.07) is 1.69. The molecule has 0 bridgehead atoms. The van der Waals surface area contributed by atoms with Crippen molar-refractivity contribution in [3.63, 3.8) is 0 Å². The molecule has 2 aliphatic rings. The molecule has 0 spiro atoms. The Labute approximate surface area is 132 Å². The standard InChI is InChI=1S/C15H21NO7/c17-6-9-11(18)12(19)13(20)15(22-9)23-10-5-7-3-1-2-4-8(7)14(21)16-10/h5,9,11-13,15,17-20H,1-4,6H2,(H,16,21)/t9?,11-,12+,13?,15+/m1/s1. The van der Waals surface area contributed by atoms with Gasteiger partial charge in [-0.2, -0.15) is 0 Å². The van der Waals surface area contributed by atoms with Gasteiger partial charge in [-0.25, -0.2) is 0 Å². The van der Waals surface area contributed by atoms with E-state index >= 15 is 0 Å². The zero-order chi connectivity index (χ0) is 16.6. The number of hydrogen-bond acceptors (Lipinski definition) is 7. The van der Waals surface area contributed by atoms with Crippen LogP contribution in [0.4, 0.5) is 0 Å². The third-order valence-electron chi connectivity index (χ3n) is 4.42. The van der Waals surface area contributed by atoms with Crippen molar-refractivity contribution in [1.29, 1.82) is 0 Å². The fraction of sp³-hybridized carbons (Fsp3) is 0.667. The molecule has 8 nitrogen and oxygen atoms in total. The minimum atomic E-state index is -1.52. The second-order valence-corrected chi connectivity index (χ2v) is 5.99. The fourth-order valence-corrected chi connectivity index (χ4v) is 3.08. The van der Waals surface area contributed by atoms with Crippen molar-refractivity contribution in [2.75, 3.05) is 6.61 Å². The molecule has 1 aromatic rings. The predicted molar refractivity (Wildman–Crippen MR) is 78.1 cm³/mol. The Hall–Kier alpha value is -1.45. The number of aromatic amines is 1. The average molecular weight is 327 g/mol. The number of pyridine rings is 1. The maximum Gasteiger partial charge on any atom is 0.254 e. The van der Waals surface area contributed by atoms with Crippen molar-refractivity contribution in [3.8, 4) is 5.88 Å². The van der Waals surface area contributed by atoms with Crippen molar-refractivity contribution in [3.05, 3.63) is 27.5 Å². The number of rotatable bonds is 3. The van der Waals surface area contributed by atoms with Gasteiger partial charge >= 0.3 is 0 Å². The van der Waals surface area contributed by atoms with Gasteiger partial charge in [-0.1, -0.05) is 0 Å². The van der Waals surface area contributed by atoms with Crippen molar-refractivity contribution in [2.45, 2.75) is 56.4 Å². The van der Waals surface area contributed by atoms with Gasteiger partial charge in [0.1, 0.15) is 24.4 Å². The second kappa shape index (κ2) is 6.58. The molecule has 0 radical (unpaired) electrons. The van der Waals surface area contributed by atoms with E-state index < -0.39 is 37.3 Å². The summed E-state index contributed by atoms with van der Waals surface area (Å²) in [5, 5.41) is 38.6. The SMILES string of the molecule is O=c1[nH]c(O[C@@H]2OC(CO)[C@@H](O)[C@H](O)C2O)cc2c1CCCC2. The number of hydrogen-bond donors (Lipinski definition) is 5. The highest BCUT2D eigenvalue weighted by Gasteiger charge is 2.44. The first-order chi connectivity index (χ1) is 11.0. The zero-order valence-corrected chi connectivity index (χ0v) is 12.5. The van der Waals surface area contributed by atoms with Crippen LogP contribution in [0.5, 0.6) is 5.88 Å². The molecule has 5 N–H and O–H groups in total. The van der Waals surface area contributed by atoms with Gasteiger partial charge in [-0.15, -0.1) is 0 Å². The lowest BCUT2D eigenvalue weighted by atomic mass is 9.93. The van der Waals surface area contributed by atoms with Crippen LogP contribution >= 0.6 is 0 Å². The predicted octanol–water partition coefficient (Wildman–Crippen LogP) is -1.57. The van der Waals surface area contributed by atoms with Crippen LogP contribution in [0.1, 0.15) is 24.0 Å². The van der Waals surface area contributed by atoms with E-state index in [0.29, 0.717) is 0 Å². The lowest BCUT2D eigenvalue weighted by Crippen LogP contribution is -2.60. The molecule has 1 aliphatic carbocycles. The maximum atomic E-state index is 12.1. The third-order valence-corrected chi connectivity index (χ3v) is 4.42. The summed E-state index contributed by atoms with van der Waals surface area (Å²) in [7, 11) is 0. The van der Waals surface area contributed by atoms with Crippen LogP contribution in [0.25, 0.3) is 0 Å². The average Bonchev–Trinajstić information content (AvgIpc) is 2.55. The van der Waals surface area contributed by atoms with E-state index in [1.807, 2.05) is 0 Å². The Kier molecular flexibility index (Phi) is 4.69. The molecule has 3 rings (SSSR count).